The number of Topliss-reactive ketones (excluding diaryl/α,β-unsaturated/α-hetero) is 1. The molecule has 1 aliphatic rings. The molecule has 0 aliphatic carbocycles. The highest BCUT2D eigenvalue weighted by atomic mass is 16.5. The van der Waals surface area contributed by atoms with Crippen molar-refractivity contribution in [2.75, 3.05) is 0 Å². The second kappa shape index (κ2) is 8.84. The lowest BCUT2D eigenvalue weighted by atomic mass is 9.88. The molecule has 1 aliphatic heterocycles. The zero-order chi connectivity index (χ0) is 23.8. The average Bonchev–Trinajstić information content (AvgIpc) is 2.68. The van der Waals surface area contributed by atoms with Gasteiger partial charge in [0.25, 0.3) is 0 Å². The fourth-order valence-electron chi connectivity index (χ4n) is 3.70. The summed E-state index contributed by atoms with van der Waals surface area (Å²) in [6.45, 7) is 7.14. The summed E-state index contributed by atoms with van der Waals surface area (Å²) in [7, 11) is 0. The molecule has 0 spiro atoms. The summed E-state index contributed by atoms with van der Waals surface area (Å²) in [5.74, 6) is -1.39. The molecule has 172 valence electrons. The van der Waals surface area contributed by atoms with Gasteiger partial charge >= 0.3 is 0 Å². The predicted molar refractivity (Wildman–Crippen MR) is 119 cm³/mol. The summed E-state index contributed by atoms with van der Waals surface area (Å²) >= 11 is 0. The Labute approximate surface area is 187 Å². The molecule has 32 heavy (non-hydrogen) atoms. The number of aliphatic hydroxyl groups is 2. The molecule has 1 heterocycles. The highest BCUT2D eigenvalue weighted by molar-refractivity contribution is 6.06. The Morgan fingerprint density at radius 2 is 1.78 bits per heavy atom. The lowest BCUT2D eigenvalue weighted by Crippen LogP contribution is -2.37. The van der Waals surface area contributed by atoms with Crippen molar-refractivity contribution in [1.82, 2.24) is 0 Å². The lowest BCUT2D eigenvalue weighted by Gasteiger charge is -2.32. The van der Waals surface area contributed by atoms with E-state index in [2.05, 4.69) is 0 Å². The molecule has 0 aromatic heterocycles. The van der Waals surface area contributed by atoms with Gasteiger partial charge in [-0.3, -0.25) is 4.79 Å². The third-order valence-electron chi connectivity index (χ3n) is 5.54. The number of aliphatic hydroxyl groups excluding tert-OH is 1. The van der Waals surface area contributed by atoms with Gasteiger partial charge < -0.3 is 30.3 Å². The van der Waals surface area contributed by atoms with E-state index in [-0.39, 0.29) is 41.2 Å². The quantitative estimate of drug-likeness (QED) is 0.432. The Morgan fingerprint density at radius 1 is 1.09 bits per heavy atom. The van der Waals surface area contributed by atoms with Gasteiger partial charge in [-0.2, -0.15) is 0 Å². The molecule has 2 atom stereocenters. The van der Waals surface area contributed by atoms with Crippen LogP contribution in [0, 0.1) is 0 Å². The minimum Gasteiger partial charge on any atom is -0.508 e. The standard InChI is InChI=1S/C25H30O7/c1-13(2)5-6-14-11-15(7-8-17(14)26)23-22(30)21(29)20-19(28)12-18(27)16(24(20)32-23)9-10-25(3,4)31/h5,7-8,11-12,22-23,26-28,30-31H,6,9-10H2,1-4H3. The smallest absolute Gasteiger partial charge is 0.202 e. The molecule has 2 aromatic carbocycles. The Kier molecular flexibility index (Phi) is 6.53. The SMILES string of the molecule is CC(C)=CCc1cc(C2Oc3c(CCC(C)(C)O)c(O)cc(O)c3C(=O)C2O)ccc1O. The Balaban J connectivity index is 2.06. The predicted octanol–water partition coefficient (Wildman–Crippen LogP) is 3.69. The van der Waals surface area contributed by atoms with Crippen LogP contribution in [-0.2, 0) is 12.8 Å². The van der Waals surface area contributed by atoms with E-state index >= 15 is 0 Å². The van der Waals surface area contributed by atoms with Crippen LogP contribution in [0.4, 0.5) is 0 Å². The molecule has 5 N–H and O–H groups in total. The minimum absolute atomic E-state index is 0.00836. The van der Waals surface area contributed by atoms with Gasteiger partial charge in [0.2, 0.25) is 5.78 Å². The lowest BCUT2D eigenvalue weighted by molar-refractivity contribution is 0.0203. The summed E-state index contributed by atoms with van der Waals surface area (Å²) in [6.07, 6.45) is 0.198. The zero-order valence-electron chi connectivity index (χ0n) is 18.7. The molecule has 0 saturated heterocycles. The number of carbonyl (C=O) groups excluding carboxylic acids is 1. The van der Waals surface area contributed by atoms with E-state index in [0.29, 0.717) is 17.5 Å². The third kappa shape index (κ3) is 4.89. The normalized spacial score (nSPS) is 18.1. The van der Waals surface area contributed by atoms with E-state index in [9.17, 15) is 30.3 Å². The van der Waals surface area contributed by atoms with Gasteiger partial charge in [0, 0.05) is 11.6 Å². The van der Waals surface area contributed by atoms with Crippen molar-refractivity contribution >= 4 is 5.78 Å². The average molecular weight is 443 g/mol. The highest BCUT2D eigenvalue weighted by Gasteiger charge is 2.41. The Hall–Kier alpha value is -3.03. The molecule has 7 heteroatoms. The van der Waals surface area contributed by atoms with Crippen LogP contribution in [0.25, 0.3) is 0 Å². The summed E-state index contributed by atoms with van der Waals surface area (Å²) < 4.78 is 6.01. The molecule has 7 nitrogen and oxygen atoms in total. The maximum Gasteiger partial charge on any atom is 0.202 e. The van der Waals surface area contributed by atoms with Gasteiger partial charge in [-0.05, 0) is 70.2 Å². The van der Waals surface area contributed by atoms with Gasteiger partial charge in [-0.15, -0.1) is 0 Å². The third-order valence-corrected chi connectivity index (χ3v) is 5.54. The monoisotopic (exact) mass is 442 g/mol. The first-order valence-corrected chi connectivity index (χ1v) is 10.5. The number of ketones is 1. The van der Waals surface area contributed by atoms with E-state index in [1.807, 2.05) is 19.9 Å². The van der Waals surface area contributed by atoms with Crippen LogP contribution < -0.4 is 4.74 Å². The summed E-state index contributed by atoms with van der Waals surface area (Å²) in [6, 6.07) is 5.76. The van der Waals surface area contributed by atoms with E-state index in [1.54, 1.807) is 26.0 Å². The number of phenolic OH excluding ortho intramolecular Hbond substituents is 3. The minimum atomic E-state index is -1.58. The molecule has 0 fully saturated rings. The topological polar surface area (TPSA) is 127 Å². The molecule has 3 rings (SSSR count). The van der Waals surface area contributed by atoms with E-state index in [0.717, 1.165) is 11.6 Å². The first kappa shape index (κ1) is 23.6. The number of ether oxygens (including phenoxy) is 1. The van der Waals surface area contributed by atoms with Gasteiger partial charge in [0.15, 0.2) is 12.2 Å². The van der Waals surface area contributed by atoms with Crippen LogP contribution in [0.5, 0.6) is 23.0 Å². The van der Waals surface area contributed by atoms with Crippen molar-refractivity contribution in [1.29, 1.82) is 0 Å². The number of hydrogen-bond acceptors (Lipinski definition) is 7. The van der Waals surface area contributed by atoms with Crippen LogP contribution in [-0.4, -0.2) is 43.0 Å². The number of hydrogen-bond donors (Lipinski definition) is 5. The maximum atomic E-state index is 13.0. The molecular weight excluding hydrogens is 412 g/mol. The van der Waals surface area contributed by atoms with E-state index in [1.165, 1.54) is 6.07 Å². The van der Waals surface area contributed by atoms with Crippen molar-refractivity contribution in [3.63, 3.8) is 0 Å². The number of phenols is 3. The number of fused-ring (bicyclic) bond motifs is 1. The molecule has 0 radical (unpaired) electrons. The van der Waals surface area contributed by atoms with Crippen molar-refractivity contribution in [2.45, 2.75) is 64.8 Å². The molecule has 2 aromatic rings. The first-order chi connectivity index (χ1) is 14.9. The second-order valence-corrected chi connectivity index (χ2v) is 9.13. The largest absolute Gasteiger partial charge is 0.508 e. The van der Waals surface area contributed by atoms with Crippen LogP contribution in [0.2, 0.25) is 0 Å². The Bertz CT molecular complexity index is 1060. The zero-order valence-corrected chi connectivity index (χ0v) is 18.7. The number of carbonyl (C=O) groups is 1. The van der Waals surface area contributed by atoms with Gasteiger partial charge in [-0.25, -0.2) is 0 Å². The number of allylic oxidation sites excluding steroid dienone is 2. The molecule has 0 amide bonds. The van der Waals surface area contributed by atoms with Crippen LogP contribution in [0.15, 0.2) is 35.9 Å². The van der Waals surface area contributed by atoms with Gasteiger partial charge in [0.05, 0.1) is 5.60 Å². The first-order valence-electron chi connectivity index (χ1n) is 10.5. The second-order valence-electron chi connectivity index (χ2n) is 9.13. The van der Waals surface area contributed by atoms with Crippen LogP contribution in [0.1, 0.15) is 67.3 Å². The molecular formula is C25H30O7. The molecule has 0 saturated carbocycles. The van der Waals surface area contributed by atoms with Crippen molar-refractivity contribution < 1.29 is 35.1 Å². The maximum absolute atomic E-state index is 13.0. The van der Waals surface area contributed by atoms with Crippen molar-refractivity contribution in [2.24, 2.45) is 0 Å². The number of rotatable bonds is 6. The Morgan fingerprint density at radius 3 is 2.41 bits per heavy atom. The van der Waals surface area contributed by atoms with Crippen LogP contribution in [0.3, 0.4) is 0 Å². The van der Waals surface area contributed by atoms with E-state index in [4.69, 9.17) is 4.74 Å². The van der Waals surface area contributed by atoms with Gasteiger partial charge in [-0.1, -0.05) is 17.7 Å². The van der Waals surface area contributed by atoms with Gasteiger partial charge in [0.1, 0.15) is 28.6 Å². The number of benzene rings is 2. The van der Waals surface area contributed by atoms with Crippen LogP contribution >= 0.6 is 0 Å². The fraction of sp³-hybridized carbons (Fsp3) is 0.400. The van der Waals surface area contributed by atoms with Crippen molar-refractivity contribution in [3.8, 4) is 23.0 Å². The molecule has 2 unspecified atom stereocenters. The van der Waals surface area contributed by atoms with Crippen molar-refractivity contribution in [3.05, 3.63) is 58.2 Å². The summed E-state index contributed by atoms with van der Waals surface area (Å²) in [5, 5.41) is 51.7. The highest BCUT2D eigenvalue weighted by Crippen LogP contribution is 2.46. The molecule has 0 bridgehead atoms. The summed E-state index contributed by atoms with van der Waals surface area (Å²) in [4.78, 5) is 13.0. The fourth-order valence-corrected chi connectivity index (χ4v) is 3.70. The van der Waals surface area contributed by atoms with E-state index < -0.39 is 29.3 Å². The number of aromatic hydroxyl groups is 3. The summed E-state index contributed by atoms with van der Waals surface area (Å²) in [5.41, 5.74) is 1.22.